The first kappa shape index (κ1) is 20.9. The Hall–Kier alpha value is -2.37. The van der Waals surface area contributed by atoms with Gasteiger partial charge < -0.3 is 10.2 Å². The first-order valence-corrected chi connectivity index (χ1v) is 11.1. The van der Waals surface area contributed by atoms with Gasteiger partial charge >= 0.3 is 0 Å². The van der Waals surface area contributed by atoms with Crippen molar-refractivity contribution < 1.29 is 9.59 Å². The Kier molecular flexibility index (Phi) is 6.70. The number of carbonyl (C=O) groups excluding carboxylic acids is 2. The molecule has 1 atom stereocenters. The third-order valence-corrected chi connectivity index (χ3v) is 6.46. The average molecular weight is 426 g/mol. The second kappa shape index (κ2) is 9.63. The lowest BCUT2D eigenvalue weighted by molar-refractivity contribution is -0.123. The van der Waals surface area contributed by atoms with Gasteiger partial charge in [-0.15, -0.1) is 0 Å². The fourth-order valence-corrected chi connectivity index (χ4v) is 4.89. The van der Waals surface area contributed by atoms with Crippen LogP contribution in [0.1, 0.15) is 36.0 Å². The lowest BCUT2D eigenvalue weighted by atomic mass is 9.94. The van der Waals surface area contributed by atoms with E-state index in [-0.39, 0.29) is 17.9 Å². The van der Waals surface area contributed by atoms with Crippen LogP contribution in [0, 0.1) is 5.92 Å². The number of hydrogen-bond acceptors (Lipinski definition) is 3. The van der Waals surface area contributed by atoms with Gasteiger partial charge in [-0.2, -0.15) is 0 Å². The van der Waals surface area contributed by atoms with Gasteiger partial charge in [0.15, 0.2) is 0 Å². The van der Waals surface area contributed by atoms with Crippen molar-refractivity contribution in [1.29, 1.82) is 0 Å². The molecule has 0 spiro atoms. The van der Waals surface area contributed by atoms with E-state index in [0.717, 1.165) is 24.1 Å². The molecule has 0 radical (unpaired) electrons. The lowest BCUT2D eigenvalue weighted by Crippen LogP contribution is -2.56. The Morgan fingerprint density at radius 1 is 0.933 bits per heavy atom. The van der Waals surface area contributed by atoms with E-state index in [9.17, 15) is 9.59 Å². The first-order chi connectivity index (χ1) is 14.6. The van der Waals surface area contributed by atoms with Crippen molar-refractivity contribution in [3.8, 4) is 0 Å². The highest BCUT2D eigenvalue weighted by Crippen LogP contribution is 2.32. The zero-order valence-electron chi connectivity index (χ0n) is 17.1. The number of carbonyl (C=O) groups is 2. The maximum atomic E-state index is 13.3. The molecule has 2 aromatic rings. The van der Waals surface area contributed by atoms with Gasteiger partial charge in [-0.05, 0) is 49.1 Å². The van der Waals surface area contributed by atoms with E-state index in [2.05, 4.69) is 10.2 Å². The van der Waals surface area contributed by atoms with Gasteiger partial charge in [-0.1, -0.05) is 48.7 Å². The summed E-state index contributed by atoms with van der Waals surface area (Å²) < 4.78 is 0. The highest BCUT2D eigenvalue weighted by Gasteiger charge is 2.37. The molecule has 0 aromatic heterocycles. The number of nitrogens with zero attached hydrogens (tertiary/aromatic N) is 2. The number of halogens is 1. The van der Waals surface area contributed by atoms with Crippen molar-refractivity contribution in [2.24, 2.45) is 5.92 Å². The van der Waals surface area contributed by atoms with Crippen LogP contribution >= 0.6 is 11.6 Å². The second-order valence-corrected chi connectivity index (χ2v) is 8.62. The van der Waals surface area contributed by atoms with Crippen molar-refractivity contribution in [1.82, 2.24) is 9.80 Å². The highest BCUT2D eigenvalue weighted by molar-refractivity contribution is 6.30. The van der Waals surface area contributed by atoms with Crippen LogP contribution in [0.2, 0.25) is 5.02 Å². The standard InChI is InChI=1S/C24H28ClN3O2/c25-20-11-6-12-21(17-20)26-23(29)22(18-7-4-5-8-18)27-13-15-28(16-14-27)24(30)19-9-2-1-3-10-19/h1-3,6,9-12,17-18,22H,4-5,7-8,13-16H2,(H,26,29)/t22-/m1/s1. The molecule has 158 valence electrons. The predicted molar refractivity (Wildman–Crippen MR) is 120 cm³/mol. The normalized spacial score (nSPS) is 18.9. The Bertz CT molecular complexity index is 875. The number of rotatable bonds is 5. The third-order valence-electron chi connectivity index (χ3n) is 6.22. The van der Waals surface area contributed by atoms with E-state index in [4.69, 9.17) is 11.6 Å². The van der Waals surface area contributed by atoms with Gasteiger partial charge in [-0.3, -0.25) is 14.5 Å². The molecule has 4 rings (SSSR count). The number of piperazine rings is 1. The molecule has 5 nitrogen and oxygen atoms in total. The zero-order chi connectivity index (χ0) is 20.9. The Morgan fingerprint density at radius 3 is 2.30 bits per heavy atom. The van der Waals surface area contributed by atoms with E-state index in [1.165, 1.54) is 12.8 Å². The molecule has 1 heterocycles. The van der Waals surface area contributed by atoms with E-state index >= 15 is 0 Å². The summed E-state index contributed by atoms with van der Waals surface area (Å²) in [7, 11) is 0. The van der Waals surface area contributed by atoms with Crippen LogP contribution in [0.3, 0.4) is 0 Å². The molecular weight excluding hydrogens is 398 g/mol. The fraction of sp³-hybridized carbons (Fsp3) is 0.417. The van der Waals surface area contributed by atoms with Crippen molar-refractivity contribution in [2.45, 2.75) is 31.7 Å². The number of benzene rings is 2. The summed E-state index contributed by atoms with van der Waals surface area (Å²) in [6, 6.07) is 16.5. The molecule has 2 fully saturated rings. The predicted octanol–water partition coefficient (Wildman–Crippen LogP) is 4.30. The van der Waals surface area contributed by atoms with Crippen LogP contribution in [0.5, 0.6) is 0 Å². The summed E-state index contributed by atoms with van der Waals surface area (Å²) in [5.41, 5.74) is 1.45. The number of amides is 2. The molecule has 2 aliphatic rings. The van der Waals surface area contributed by atoms with Crippen molar-refractivity contribution in [2.75, 3.05) is 31.5 Å². The topological polar surface area (TPSA) is 52.7 Å². The smallest absolute Gasteiger partial charge is 0.253 e. The van der Waals surface area contributed by atoms with Gasteiger partial charge in [0, 0.05) is 42.5 Å². The molecular formula is C24H28ClN3O2. The van der Waals surface area contributed by atoms with Gasteiger partial charge in [0.1, 0.15) is 0 Å². The SMILES string of the molecule is O=C(Nc1cccc(Cl)c1)[C@@H](C1CCCC1)N1CCN(C(=O)c2ccccc2)CC1. The Morgan fingerprint density at radius 2 is 1.63 bits per heavy atom. The van der Waals surface area contributed by atoms with Gasteiger partial charge in [0.2, 0.25) is 5.91 Å². The van der Waals surface area contributed by atoms with Gasteiger partial charge in [-0.25, -0.2) is 0 Å². The van der Waals surface area contributed by atoms with Gasteiger partial charge in [0.05, 0.1) is 6.04 Å². The quantitative estimate of drug-likeness (QED) is 0.777. The summed E-state index contributed by atoms with van der Waals surface area (Å²) in [6.07, 6.45) is 4.52. The first-order valence-electron chi connectivity index (χ1n) is 10.8. The van der Waals surface area contributed by atoms with E-state index < -0.39 is 0 Å². The lowest BCUT2D eigenvalue weighted by Gasteiger charge is -2.40. The minimum Gasteiger partial charge on any atom is -0.336 e. The van der Waals surface area contributed by atoms with E-state index in [0.29, 0.717) is 37.1 Å². The summed E-state index contributed by atoms with van der Waals surface area (Å²) in [5, 5.41) is 3.68. The van der Waals surface area contributed by atoms with Crippen molar-refractivity contribution >= 4 is 29.1 Å². The summed E-state index contributed by atoms with van der Waals surface area (Å²) in [4.78, 5) is 30.2. The second-order valence-electron chi connectivity index (χ2n) is 8.18. The minimum atomic E-state index is -0.166. The van der Waals surface area contributed by atoms with Crippen molar-refractivity contribution in [3.63, 3.8) is 0 Å². The summed E-state index contributed by atoms with van der Waals surface area (Å²) in [5.74, 6) is 0.462. The number of nitrogens with one attached hydrogen (secondary N) is 1. The molecule has 1 saturated heterocycles. The molecule has 30 heavy (non-hydrogen) atoms. The molecule has 6 heteroatoms. The van der Waals surface area contributed by atoms with Gasteiger partial charge in [0.25, 0.3) is 5.91 Å². The maximum Gasteiger partial charge on any atom is 0.253 e. The van der Waals surface area contributed by atoms with Crippen LogP contribution in [-0.4, -0.2) is 53.8 Å². The maximum absolute atomic E-state index is 13.3. The molecule has 2 aromatic carbocycles. The summed E-state index contributed by atoms with van der Waals surface area (Å²) >= 11 is 6.08. The van der Waals surface area contributed by atoms with Crippen LogP contribution in [-0.2, 0) is 4.79 Å². The van der Waals surface area contributed by atoms with Crippen molar-refractivity contribution in [3.05, 3.63) is 65.2 Å². The van der Waals surface area contributed by atoms with E-state index in [1.54, 1.807) is 12.1 Å². The third kappa shape index (κ3) is 4.85. The van der Waals surface area contributed by atoms with Crippen LogP contribution in [0.15, 0.2) is 54.6 Å². The fourth-order valence-electron chi connectivity index (χ4n) is 4.70. The van der Waals surface area contributed by atoms with Crippen LogP contribution < -0.4 is 5.32 Å². The summed E-state index contributed by atoms with van der Waals surface area (Å²) in [6.45, 7) is 2.70. The number of hydrogen-bond donors (Lipinski definition) is 1. The molecule has 2 amide bonds. The molecule has 1 aliphatic carbocycles. The molecule has 1 aliphatic heterocycles. The number of anilines is 1. The Labute approximate surface area is 183 Å². The zero-order valence-corrected chi connectivity index (χ0v) is 17.9. The highest BCUT2D eigenvalue weighted by atomic mass is 35.5. The monoisotopic (exact) mass is 425 g/mol. The Balaban J connectivity index is 1.43. The van der Waals surface area contributed by atoms with Crippen LogP contribution in [0.25, 0.3) is 0 Å². The van der Waals surface area contributed by atoms with E-state index in [1.807, 2.05) is 47.4 Å². The average Bonchev–Trinajstić information content (AvgIpc) is 3.29. The molecule has 0 bridgehead atoms. The molecule has 1 saturated carbocycles. The molecule has 0 unspecified atom stereocenters. The largest absolute Gasteiger partial charge is 0.336 e. The minimum absolute atomic E-state index is 0.0343. The van der Waals surface area contributed by atoms with Crippen LogP contribution in [0.4, 0.5) is 5.69 Å². The molecule has 1 N–H and O–H groups in total.